The highest BCUT2D eigenvalue weighted by Gasteiger charge is 2.28. The van der Waals surface area contributed by atoms with Crippen LogP contribution < -0.4 is 5.32 Å². The summed E-state index contributed by atoms with van der Waals surface area (Å²) in [6.45, 7) is 6.64. The van der Waals surface area contributed by atoms with Crippen molar-refractivity contribution in [1.82, 2.24) is 5.32 Å². The fourth-order valence-electron chi connectivity index (χ4n) is 3.61. The lowest BCUT2D eigenvalue weighted by atomic mass is 9.75. The minimum atomic E-state index is 0.590. The molecule has 3 rings (SSSR count). The number of hydrogen-bond acceptors (Lipinski definition) is 1. The Hall–Kier alpha value is -1.60. The van der Waals surface area contributed by atoms with Crippen LogP contribution in [0.5, 0.6) is 0 Å². The van der Waals surface area contributed by atoms with Crippen molar-refractivity contribution in [3.63, 3.8) is 0 Å². The predicted octanol–water partition coefficient (Wildman–Crippen LogP) is 4.42. The van der Waals surface area contributed by atoms with Crippen LogP contribution in [0.3, 0.4) is 0 Å². The van der Waals surface area contributed by atoms with Crippen molar-refractivity contribution in [3.8, 4) is 0 Å². The molecule has 1 saturated heterocycles. The lowest BCUT2D eigenvalue weighted by molar-refractivity contribution is 0.402. The second kappa shape index (κ2) is 6.44. The Balaban J connectivity index is 1.96. The van der Waals surface area contributed by atoms with Crippen LogP contribution in [0.2, 0.25) is 0 Å². The summed E-state index contributed by atoms with van der Waals surface area (Å²) in [6.07, 6.45) is 2.36. The Morgan fingerprint density at radius 3 is 2.52 bits per heavy atom. The number of hydrogen-bond donors (Lipinski definition) is 1. The van der Waals surface area contributed by atoms with E-state index in [4.69, 9.17) is 0 Å². The Morgan fingerprint density at radius 2 is 1.76 bits per heavy atom. The van der Waals surface area contributed by atoms with E-state index >= 15 is 0 Å². The first-order chi connectivity index (χ1) is 10.3. The fraction of sp³-hybridized carbons (Fsp3) is 0.400. The molecule has 21 heavy (non-hydrogen) atoms. The van der Waals surface area contributed by atoms with Gasteiger partial charge >= 0.3 is 0 Å². The molecule has 1 heteroatoms. The van der Waals surface area contributed by atoms with Crippen molar-refractivity contribution in [2.45, 2.75) is 38.5 Å². The van der Waals surface area contributed by atoms with Crippen LogP contribution in [0, 0.1) is 6.92 Å². The number of aryl methyl sites for hydroxylation is 2. The molecular formula is C20H25N. The average molecular weight is 279 g/mol. The van der Waals surface area contributed by atoms with E-state index in [2.05, 4.69) is 67.7 Å². The van der Waals surface area contributed by atoms with Gasteiger partial charge in [0.2, 0.25) is 0 Å². The highest BCUT2D eigenvalue weighted by molar-refractivity contribution is 5.36. The molecule has 0 aromatic heterocycles. The molecule has 1 fully saturated rings. The summed E-state index contributed by atoms with van der Waals surface area (Å²) in [7, 11) is 0. The summed E-state index contributed by atoms with van der Waals surface area (Å²) in [5.41, 5.74) is 5.89. The average Bonchev–Trinajstić information content (AvgIpc) is 2.55. The van der Waals surface area contributed by atoms with Crippen LogP contribution in [-0.4, -0.2) is 13.1 Å². The van der Waals surface area contributed by atoms with Gasteiger partial charge in [-0.15, -0.1) is 0 Å². The molecule has 0 saturated carbocycles. The normalized spacial score (nSPS) is 22.2. The van der Waals surface area contributed by atoms with Gasteiger partial charge in [0.25, 0.3) is 0 Å². The molecule has 2 aromatic carbocycles. The van der Waals surface area contributed by atoms with Crippen molar-refractivity contribution >= 4 is 0 Å². The zero-order valence-corrected chi connectivity index (χ0v) is 13.1. The molecule has 1 aliphatic heterocycles. The monoisotopic (exact) mass is 279 g/mol. The molecule has 1 heterocycles. The summed E-state index contributed by atoms with van der Waals surface area (Å²) in [4.78, 5) is 0. The topological polar surface area (TPSA) is 12.0 Å². The quantitative estimate of drug-likeness (QED) is 0.877. The minimum absolute atomic E-state index is 0.590. The first-order valence-corrected chi connectivity index (χ1v) is 8.14. The summed E-state index contributed by atoms with van der Waals surface area (Å²) in [6, 6.07) is 18.1. The zero-order valence-electron chi connectivity index (χ0n) is 13.1. The van der Waals surface area contributed by atoms with Crippen molar-refractivity contribution in [1.29, 1.82) is 0 Å². The maximum atomic E-state index is 3.59. The van der Waals surface area contributed by atoms with Gasteiger partial charge in [0.05, 0.1) is 0 Å². The van der Waals surface area contributed by atoms with E-state index in [1.54, 1.807) is 5.56 Å². The first kappa shape index (κ1) is 14.3. The van der Waals surface area contributed by atoms with Crippen LogP contribution in [0.4, 0.5) is 0 Å². The van der Waals surface area contributed by atoms with Crippen molar-refractivity contribution in [2.75, 3.05) is 13.1 Å². The van der Waals surface area contributed by atoms with E-state index in [1.165, 1.54) is 23.1 Å². The third-order valence-electron chi connectivity index (χ3n) is 4.82. The predicted molar refractivity (Wildman–Crippen MR) is 90.0 cm³/mol. The fourth-order valence-corrected chi connectivity index (χ4v) is 3.61. The number of nitrogens with one attached hydrogen (secondary N) is 1. The summed E-state index contributed by atoms with van der Waals surface area (Å²) in [5.74, 6) is 1.23. The van der Waals surface area contributed by atoms with Crippen LogP contribution in [0.15, 0.2) is 48.5 Å². The van der Waals surface area contributed by atoms with E-state index in [9.17, 15) is 0 Å². The minimum Gasteiger partial charge on any atom is -0.316 e. The largest absolute Gasteiger partial charge is 0.316 e. The van der Waals surface area contributed by atoms with Gasteiger partial charge in [-0.05, 0) is 48.9 Å². The number of piperidine rings is 1. The van der Waals surface area contributed by atoms with Gasteiger partial charge in [-0.3, -0.25) is 0 Å². The molecule has 1 N–H and O–H groups in total. The molecule has 0 bridgehead atoms. The van der Waals surface area contributed by atoms with E-state index in [-0.39, 0.29) is 0 Å². The molecule has 110 valence electrons. The van der Waals surface area contributed by atoms with Gasteiger partial charge in [-0.1, -0.05) is 61.0 Å². The summed E-state index contributed by atoms with van der Waals surface area (Å²) >= 11 is 0. The third kappa shape index (κ3) is 3.03. The smallest absolute Gasteiger partial charge is 0.00327 e. The Morgan fingerprint density at radius 1 is 1.00 bits per heavy atom. The third-order valence-corrected chi connectivity index (χ3v) is 4.82. The van der Waals surface area contributed by atoms with Crippen LogP contribution in [0.1, 0.15) is 47.4 Å². The number of benzene rings is 2. The van der Waals surface area contributed by atoms with Gasteiger partial charge < -0.3 is 5.32 Å². The maximum Gasteiger partial charge on any atom is 0.00327 e. The Kier molecular flexibility index (Phi) is 4.40. The van der Waals surface area contributed by atoms with Crippen molar-refractivity contribution in [3.05, 3.63) is 70.8 Å². The van der Waals surface area contributed by atoms with Crippen molar-refractivity contribution < 1.29 is 0 Å². The van der Waals surface area contributed by atoms with Crippen molar-refractivity contribution in [2.24, 2.45) is 0 Å². The molecule has 0 spiro atoms. The molecule has 1 nitrogen and oxygen atoms in total. The summed E-state index contributed by atoms with van der Waals surface area (Å²) in [5, 5.41) is 3.59. The highest BCUT2D eigenvalue weighted by Crippen LogP contribution is 2.38. The maximum absolute atomic E-state index is 3.59. The second-order valence-electron chi connectivity index (χ2n) is 6.17. The van der Waals surface area contributed by atoms with E-state index < -0.39 is 0 Å². The van der Waals surface area contributed by atoms with E-state index in [0.717, 1.165) is 19.5 Å². The molecule has 0 amide bonds. The van der Waals surface area contributed by atoms with Gasteiger partial charge in [-0.25, -0.2) is 0 Å². The van der Waals surface area contributed by atoms with E-state index in [1.807, 2.05) is 0 Å². The highest BCUT2D eigenvalue weighted by atomic mass is 14.9. The van der Waals surface area contributed by atoms with Gasteiger partial charge in [0, 0.05) is 12.5 Å². The van der Waals surface area contributed by atoms with Crippen LogP contribution in [0.25, 0.3) is 0 Å². The molecule has 2 aromatic rings. The van der Waals surface area contributed by atoms with Crippen LogP contribution in [-0.2, 0) is 6.42 Å². The standard InChI is InChI=1S/C20H25N/c1-3-16-6-4-5-7-18(16)19-12-13-21-14-20(19)17-10-8-15(2)9-11-17/h4-11,19-21H,3,12-14H2,1-2H3. The SMILES string of the molecule is CCc1ccccc1C1CCNCC1c1ccc(C)cc1. The van der Waals surface area contributed by atoms with Gasteiger partial charge in [0.15, 0.2) is 0 Å². The summed E-state index contributed by atoms with van der Waals surface area (Å²) < 4.78 is 0. The van der Waals surface area contributed by atoms with Gasteiger partial charge in [-0.2, -0.15) is 0 Å². The van der Waals surface area contributed by atoms with Crippen LogP contribution >= 0.6 is 0 Å². The molecule has 1 aliphatic rings. The second-order valence-corrected chi connectivity index (χ2v) is 6.17. The lowest BCUT2D eigenvalue weighted by Gasteiger charge is -2.34. The number of rotatable bonds is 3. The molecular weight excluding hydrogens is 254 g/mol. The molecule has 2 unspecified atom stereocenters. The molecule has 0 radical (unpaired) electrons. The molecule has 2 atom stereocenters. The molecule has 0 aliphatic carbocycles. The Bertz CT molecular complexity index is 585. The van der Waals surface area contributed by atoms with E-state index in [0.29, 0.717) is 11.8 Å². The first-order valence-electron chi connectivity index (χ1n) is 8.14. The van der Waals surface area contributed by atoms with Gasteiger partial charge in [0.1, 0.15) is 0 Å². The Labute approximate surface area is 128 Å². The zero-order chi connectivity index (χ0) is 14.7. The lowest BCUT2D eigenvalue weighted by Crippen LogP contribution is -2.34.